The van der Waals surface area contributed by atoms with Gasteiger partial charge < -0.3 is 9.64 Å². The molecule has 0 atom stereocenters. The van der Waals surface area contributed by atoms with Crippen molar-refractivity contribution in [3.8, 4) is 11.8 Å². The van der Waals surface area contributed by atoms with E-state index in [4.69, 9.17) is 10.00 Å². The van der Waals surface area contributed by atoms with Gasteiger partial charge in [-0.05, 0) is 36.8 Å². The highest BCUT2D eigenvalue weighted by Crippen LogP contribution is 2.16. The van der Waals surface area contributed by atoms with Crippen LogP contribution in [-0.2, 0) is 11.3 Å². The number of likely N-dealkylation sites (N-methyl/N-ethyl adjacent to an activating group) is 1. The van der Waals surface area contributed by atoms with Crippen LogP contribution in [0.25, 0.3) is 0 Å². The number of halogens is 1. The van der Waals surface area contributed by atoms with Crippen molar-refractivity contribution in [2.75, 3.05) is 13.2 Å². The lowest BCUT2D eigenvalue weighted by atomic mass is 10.2. The van der Waals surface area contributed by atoms with Crippen molar-refractivity contribution in [2.45, 2.75) is 13.5 Å². The van der Waals surface area contributed by atoms with E-state index < -0.39 is 0 Å². The molecule has 0 aliphatic carbocycles. The van der Waals surface area contributed by atoms with Gasteiger partial charge in [0.2, 0.25) is 0 Å². The highest BCUT2D eigenvalue weighted by atomic mass is 19.1. The van der Waals surface area contributed by atoms with Crippen LogP contribution in [-0.4, -0.2) is 24.0 Å². The molecule has 0 spiro atoms. The summed E-state index contributed by atoms with van der Waals surface area (Å²) < 4.78 is 18.7. The molecule has 0 radical (unpaired) electrons. The number of rotatable bonds is 6. The molecule has 2 aromatic carbocycles. The van der Waals surface area contributed by atoms with Gasteiger partial charge in [0.25, 0.3) is 5.91 Å². The van der Waals surface area contributed by atoms with Gasteiger partial charge in [-0.15, -0.1) is 0 Å². The lowest BCUT2D eigenvalue weighted by Crippen LogP contribution is -2.34. The van der Waals surface area contributed by atoms with Crippen molar-refractivity contribution >= 4 is 5.91 Å². The largest absolute Gasteiger partial charge is 0.482 e. The number of hydrogen-bond acceptors (Lipinski definition) is 3. The van der Waals surface area contributed by atoms with Crippen molar-refractivity contribution in [3.05, 3.63) is 65.5 Å². The summed E-state index contributed by atoms with van der Waals surface area (Å²) in [7, 11) is 0. The average molecular weight is 312 g/mol. The van der Waals surface area contributed by atoms with Crippen LogP contribution in [0.5, 0.6) is 5.75 Å². The van der Waals surface area contributed by atoms with Gasteiger partial charge in [0.1, 0.15) is 17.6 Å². The molecule has 0 unspecified atom stereocenters. The Balaban J connectivity index is 1.99. The molecule has 0 saturated carbocycles. The zero-order valence-corrected chi connectivity index (χ0v) is 12.8. The van der Waals surface area contributed by atoms with Gasteiger partial charge in [0.05, 0.1) is 5.56 Å². The standard InChI is InChI=1S/C18H17FN2O2/c1-2-21(12-14-6-5-8-16(19)10-14)18(22)13-23-17-9-4-3-7-15(17)11-20/h3-10H,2,12-13H2,1H3. The van der Waals surface area contributed by atoms with Crippen molar-refractivity contribution in [2.24, 2.45) is 0 Å². The van der Waals surface area contributed by atoms with Gasteiger partial charge in [0, 0.05) is 13.1 Å². The Morgan fingerprint density at radius 3 is 2.74 bits per heavy atom. The van der Waals surface area contributed by atoms with Gasteiger partial charge in [-0.2, -0.15) is 5.26 Å². The fraction of sp³-hybridized carbons (Fsp3) is 0.222. The van der Waals surface area contributed by atoms with Crippen LogP contribution in [0.3, 0.4) is 0 Å². The molecule has 23 heavy (non-hydrogen) atoms. The first-order chi connectivity index (χ1) is 11.1. The van der Waals surface area contributed by atoms with E-state index in [0.29, 0.717) is 24.4 Å². The summed E-state index contributed by atoms with van der Waals surface area (Å²) in [6.07, 6.45) is 0. The number of carbonyl (C=O) groups is 1. The number of hydrogen-bond donors (Lipinski definition) is 0. The fourth-order valence-electron chi connectivity index (χ4n) is 2.15. The number of ether oxygens (including phenoxy) is 1. The monoisotopic (exact) mass is 312 g/mol. The second-order valence-corrected chi connectivity index (χ2v) is 4.93. The zero-order valence-electron chi connectivity index (χ0n) is 12.8. The molecule has 0 heterocycles. The van der Waals surface area contributed by atoms with Crippen LogP contribution >= 0.6 is 0 Å². The van der Waals surface area contributed by atoms with E-state index in [1.807, 2.05) is 13.0 Å². The Bertz CT molecular complexity index is 725. The molecular formula is C18H17FN2O2. The minimum atomic E-state index is -0.329. The molecule has 0 bridgehead atoms. The maximum atomic E-state index is 13.2. The Morgan fingerprint density at radius 1 is 1.26 bits per heavy atom. The Labute approximate surface area is 134 Å². The van der Waals surface area contributed by atoms with Gasteiger partial charge in [-0.3, -0.25) is 4.79 Å². The van der Waals surface area contributed by atoms with Gasteiger partial charge >= 0.3 is 0 Å². The zero-order chi connectivity index (χ0) is 16.7. The Kier molecular flexibility index (Phi) is 5.70. The Morgan fingerprint density at radius 2 is 2.04 bits per heavy atom. The van der Waals surface area contributed by atoms with Gasteiger partial charge in [0.15, 0.2) is 6.61 Å². The van der Waals surface area contributed by atoms with E-state index in [-0.39, 0.29) is 18.3 Å². The van der Waals surface area contributed by atoms with Crippen LogP contribution in [0.1, 0.15) is 18.1 Å². The number of nitriles is 1. The first kappa shape index (κ1) is 16.5. The van der Waals surface area contributed by atoms with E-state index >= 15 is 0 Å². The summed E-state index contributed by atoms with van der Waals surface area (Å²) in [5.41, 5.74) is 1.10. The molecule has 0 aliphatic rings. The third-order valence-corrected chi connectivity index (χ3v) is 3.36. The quantitative estimate of drug-likeness (QED) is 0.823. The summed E-state index contributed by atoms with van der Waals surface area (Å²) in [4.78, 5) is 13.8. The topological polar surface area (TPSA) is 53.3 Å². The molecular weight excluding hydrogens is 295 g/mol. The lowest BCUT2D eigenvalue weighted by molar-refractivity contribution is -0.133. The fourth-order valence-corrected chi connectivity index (χ4v) is 2.15. The molecule has 0 aliphatic heterocycles. The summed E-state index contributed by atoms with van der Waals surface area (Å²) in [6.45, 7) is 2.48. The first-order valence-electron chi connectivity index (χ1n) is 7.28. The molecule has 118 valence electrons. The highest BCUT2D eigenvalue weighted by molar-refractivity contribution is 5.77. The summed E-state index contributed by atoms with van der Waals surface area (Å²) in [6, 6.07) is 14.9. The molecule has 0 aromatic heterocycles. The van der Waals surface area contributed by atoms with E-state index in [2.05, 4.69) is 0 Å². The number of amides is 1. The van der Waals surface area contributed by atoms with Crippen molar-refractivity contribution < 1.29 is 13.9 Å². The summed E-state index contributed by atoms with van der Waals surface area (Å²) in [5, 5.41) is 9.00. The van der Waals surface area contributed by atoms with Crippen molar-refractivity contribution in [3.63, 3.8) is 0 Å². The van der Waals surface area contributed by atoms with E-state index in [1.165, 1.54) is 12.1 Å². The number of nitrogens with zero attached hydrogens (tertiary/aromatic N) is 2. The Hall–Kier alpha value is -2.87. The second-order valence-electron chi connectivity index (χ2n) is 4.93. The third kappa shape index (κ3) is 4.55. The minimum Gasteiger partial charge on any atom is -0.482 e. The maximum Gasteiger partial charge on any atom is 0.260 e. The van der Waals surface area contributed by atoms with Crippen LogP contribution in [0.2, 0.25) is 0 Å². The predicted octanol–water partition coefficient (Wildman–Crippen LogP) is 3.12. The van der Waals surface area contributed by atoms with Crippen molar-refractivity contribution in [1.29, 1.82) is 5.26 Å². The van der Waals surface area contributed by atoms with E-state index in [0.717, 1.165) is 5.56 Å². The number of benzene rings is 2. The minimum absolute atomic E-state index is 0.165. The molecule has 2 rings (SSSR count). The second kappa shape index (κ2) is 7.95. The van der Waals surface area contributed by atoms with Crippen molar-refractivity contribution in [1.82, 2.24) is 4.90 Å². The van der Waals surface area contributed by atoms with E-state index in [1.54, 1.807) is 41.3 Å². The van der Waals surface area contributed by atoms with Crippen LogP contribution < -0.4 is 4.74 Å². The maximum absolute atomic E-state index is 13.2. The molecule has 5 heteroatoms. The van der Waals surface area contributed by atoms with Crippen LogP contribution in [0.15, 0.2) is 48.5 Å². The van der Waals surface area contributed by atoms with Crippen LogP contribution in [0.4, 0.5) is 4.39 Å². The molecule has 0 saturated heterocycles. The lowest BCUT2D eigenvalue weighted by Gasteiger charge is -2.21. The third-order valence-electron chi connectivity index (χ3n) is 3.36. The first-order valence-corrected chi connectivity index (χ1v) is 7.28. The smallest absolute Gasteiger partial charge is 0.260 e. The summed E-state index contributed by atoms with van der Waals surface area (Å²) in [5.74, 6) is -0.167. The van der Waals surface area contributed by atoms with Gasteiger partial charge in [-0.25, -0.2) is 4.39 Å². The molecule has 2 aromatic rings. The molecule has 0 fully saturated rings. The normalized spacial score (nSPS) is 9.96. The number of para-hydroxylation sites is 1. The molecule has 0 N–H and O–H groups in total. The highest BCUT2D eigenvalue weighted by Gasteiger charge is 2.14. The van der Waals surface area contributed by atoms with Gasteiger partial charge in [-0.1, -0.05) is 24.3 Å². The van der Waals surface area contributed by atoms with Crippen LogP contribution in [0, 0.1) is 17.1 Å². The SMILES string of the molecule is CCN(Cc1cccc(F)c1)C(=O)COc1ccccc1C#N. The average Bonchev–Trinajstić information content (AvgIpc) is 2.57. The van der Waals surface area contributed by atoms with E-state index in [9.17, 15) is 9.18 Å². The molecule has 4 nitrogen and oxygen atoms in total. The number of carbonyl (C=O) groups excluding carboxylic acids is 1. The summed E-state index contributed by atoms with van der Waals surface area (Å²) >= 11 is 0. The molecule has 1 amide bonds. The predicted molar refractivity (Wildman–Crippen MR) is 84.1 cm³/mol.